The predicted octanol–water partition coefficient (Wildman–Crippen LogP) is 0.308. The zero-order valence-corrected chi connectivity index (χ0v) is 11.7. The van der Waals surface area contributed by atoms with E-state index >= 15 is 0 Å². The van der Waals surface area contributed by atoms with Crippen LogP contribution in [0.4, 0.5) is 9.18 Å². The number of hydrogen-bond donors (Lipinski definition) is 3. The van der Waals surface area contributed by atoms with Gasteiger partial charge in [0, 0.05) is 25.9 Å². The fourth-order valence-electron chi connectivity index (χ4n) is 2.88. The highest BCUT2D eigenvalue weighted by atomic mass is 19.1. The number of carbonyl (C=O) groups excluding carboxylic acids is 2. The second-order valence-electron chi connectivity index (χ2n) is 5.13. The zero-order chi connectivity index (χ0) is 16.5. The molecule has 1 unspecified atom stereocenters. The summed E-state index contributed by atoms with van der Waals surface area (Å²) >= 11 is 0. The second kappa shape index (κ2) is 5.72. The number of amides is 2. The lowest BCUT2D eigenvalue weighted by molar-refractivity contribution is -0.139. The van der Waals surface area contributed by atoms with Crippen molar-refractivity contribution in [1.29, 1.82) is 0 Å². The molecule has 2 amide bonds. The summed E-state index contributed by atoms with van der Waals surface area (Å²) in [5.74, 6) is -1.85. The summed E-state index contributed by atoms with van der Waals surface area (Å²) in [6.45, 7) is -0.276. The van der Waals surface area contributed by atoms with Gasteiger partial charge in [0.1, 0.15) is 11.6 Å². The first-order valence-corrected chi connectivity index (χ1v) is 6.64. The van der Waals surface area contributed by atoms with Crippen molar-refractivity contribution in [3.05, 3.63) is 35.1 Å². The molecule has 1 atom stereocenters. The van der Waals surface area contributed by atoms with Gasteiger partial charge in [-0.15, -0.1) is 0 Å². The van der Waals surface area contributed by atoms with Crippen LogP contribution in [0.5, 0.6) is 0 Å². The molecule has 1 heterocycles. The summed E-state index contributed by atoms with van der Waals surface area (Å²) < 4.78 is 13.4. The molecule has 8 heteroatoms. The van der Waals surface area contributed by atoms with Crippen molar-refractivity contribution in [2.24, 2.45) is 11.5 Å². The van der Waals surface area contributed by atoms with Gasteiger partial charge in [-0.3, -0.25) is 14.5 Å². The van der Waals surface area contributed by atoms with Gasteiger partial charge in [-0.2, -0.15) is 0 Å². The number of ketones is 1. The van der Waals surface area contributed by atoms with E-state index in [0.29, 0.717) is 0 Å². The van der Waals surface area contributed by atoms with E-state index in [4.69, 9.17) is 11.5 Å². The predicted molar refractivity (Wildman–Crippen MR) is 74.1 cm³/mol. The lowest BCUT2D eigenvalue weighted by atomic mass is 9.77. The Kier molecular flexibility index (Phi) is 4.14. The van der Waals surface area contributed by atoms with Crippen LogP contribution < -0.4 is 11.5 Å². The van der Waals surface area contributed by atoms with Gasteiger partial charge in [0.2, 0.25) is 5.91 Å². The minimum atomic E-state index is -1.86. The third-order valence-corrected chi connectivity index (χ3v) is 3.90. The number of rotatable bonds is 3. The number of nitrogens with zero attached hydrogens (tertiary/aromatic N) is 1. The molecule has 1 aromatic rings. The van der Waals surface area contributed by atoms with Crippen LogP contribution >= 0.6 is 0 Å². The molecule has 0 saturated carbocycles. The quantitative estimate of drug-likeness (QED) is 0.740. The van der Waals surface area contributed by atoms with Gasteiger partial charge in [0.15, 0.2) is 5.54 Å². The van der Waals surface area contributed by atoms with Crippen LogP contribution in [-0.4, -0.2) is 34.3 Å². The molecule has 1 aromatic carbocycles. The zero-order valence-electron chi connectivity index (χ0n) is 11.7. The Morgan fingerprint density at radius 3 is 2.64 bits per heavy atom. The maximum atomic E-state index is 13.4. The normalized spacial score (nSPS) is 21.7. The van der Waals surface area contributed by atoms with E-state index in [0.717, 1.165) is 17.0 Å². The Balaban J connectivity index is 2.72. The highest BCUT2D eigenvalue weighted by molar-refractivity contribution is 5.97. The largest absolute Gasteiger partial charge is 0.465 e. The van der Waals surface area contributed by atoms with E-state index in [9.17, 15) is 23.9 Å². The average Bonchev–Trinajstić information content (AvgIpc) is 2.46. The fourth-order valence-corrected chi connectivity index (χ4v) is 2.88. The minimum Gasteiger partial charge on any atom is -0.465 e. The van der Waals surface area contributed by atoms with Gasteiger partial charge in [-0.1, -0.05) is 6.07 Å². The molecule has 118 valence electrons. The molecule has 22 heavy (non-hydrogen) atoms. The van der Waals surface area contributed by atoms with Crippen LogP contribution in [-0.2, 0) is 21.7 Å². The summed E-state index contributed by atoms with van der Waals surface area (Å²) in [6, 6.07) is 3.45. The first-order chi connectivity index (χ1) is 10.3. The van der Waals surface area contributed by atoms with E-state index in [-0.39, 0.29) is 42.8 Å². The molecule has 2 rings (SSSR count). The van der Waals surface area contributed by atoms with Crippen molar-refractivity contribution in [2.75, 3.05) is 6.54 Å². The molecule has 0 aliphatic carbocycles. The Morgan fingerprint density at radius 2 is 2.09 bits per heavy atom. The highest BCUT2D eigenvalue weighted by Gasteiger charge is 2.51. The third-order valence-electron chi connectivity index (χ3n) is 3.90. The number of halogens is 1. The van der Waals surface area contributed by atoms with Gasteiger partial charge in [-0.25, -0.2) is 9.18 Å². The number of likely N-dealkylation sites (tertiary alicyclic amines) is 1. The van der Waals surface area contributed by atoms with Crippen LogP contribution in [0, 0.1) is 5.82 Å². The topological polar surface area (TPSA) is 127 Å². The summed E-state index contributed by atoms with van der Waals surface area (Å²) in [5, 5.41) is 9.39. The molecule has 5 N–H and O–H groups in total. The van der Waals surface area contributed by atoms with Crippen molar-refractivity contribution >= 4 is 17.8 Å². The first kappa shape index (κ1) is 15.9. The number of Topliss-reactive ketones (excluding diaryl/α,β-unsaturated/α-hetero) is 1. The number of primary amides is 1. The Morgan fingerprint density at radius 1 is 1.41 bits per heavy atom. The summed E-state index contributed by atoms with van der Waals surface area (Å²) in [5.41, 5.74) is 9.56. The molecule has 0 radical (unpaired) electrons. The number of carboxylic acid groups (broad SMARTS) is 1. The molecule has 1 fully saturated rings. The van der Waals surface area contributed by atoms with E-state index < -0.39 is 23.4 Å². The summed E-state index contributed by atoms with van der Waals surface area (Å²) in [4.78, 5) is 36.3. The number of carbonyl (C=O) groups is 3. The standard InChI is InChI=1S/C14H16FN3O4/c15-9-1-2-11(8(5-9)7-16)14(12(17)20)6-10(19)3-4-18(14)13(21)22/h1-2,5H,3-4,6-7,16H2,(H2,17,20)(H,21,22). The van der Waals surface area contributed by atoms with Gasteiger partial charge >= 0.3 is 6.09 Å². The number of piperidine rings is 1. The van der Waals surface area contributed by atoms with Crippen molar-refractivity contribution in [1.82, 2.24) is 4.90 Å². The highest BCUT2D eigenvalue weighted by Crippen LogP contribution is 2.38. The molecule has 1 saturated heterocycles. The van der Waals surface area contributed by atoms with Gasteiger partial charge < -0.3 is 16.6 Å². The van der Waals surface area contributed by atoms with Gasteiger partial charge in [-0.05, 0) is 23.3 Å². The Hall–Kier alpha value is -2.48. The molecular weight excluding hydrogens is 293 g/mol. The van der Waals surface area contributed by atoms with E-state index in [1.165, 1.54) is 6.07 Å². The van der Waals surface area contributed by atoms with Gasteiger partial charge in [0.05, 0.1) is 0 Å². The van der Waals surface area contributed by atoms with Crippen molar-refractivity contribution in [3.8, 4) is 0 Å². The van der Waals surface area contributed by atoms with E-state index in [1.54, 1.807) is 0 Å². The maximum Gasteiger partial charge on any atom is 0.408 e. The van der Waals surface area contributed by atoms with Crippen LogP contribution in [0.25, 0.3) is 0 Å². The molecule has 1 aliphatic heterocycles. The van der Waals surface area contributed by atoms with Crippen LogP contribution in [0.2, 0.25) is 0 Å². The lowest BCUT2D eigenvalue weighted by Crippen LogP contribution is -2.61. The molecule has 1 aliphatic rings. The van der Waals surface area contributed by atoms with E-state index in [1.807, 2.05) is 0 Å². The Labute approximate surface area is 125 Å². The summed E-state index contributed by atoms with van der Waals surface area (Å²) in [7, 11) is 0. The Bertz CT molecular complexity index is 649. The van der Waals surface area contributed by atoms with Crippen molar-refractivity contribution in [2.45, 2.75) is 24.9 Å². The van der Waals surface area contributed by atoms with Crippen molar-refractivity contribution < 1.29 is 23.9 Å². The molecule has 0 bridgehead atoms. The molecule has 0 spiro atoms. The average molecular weight is 309 g/mol. The maximum absolute atomic E-state index is 13.4. The van der Waals surface area contributed by atoms with Crippen LogP contribution in [0.15, 0.2) is 18.2 Å². The van der Waals surface area contributed by atoms with Crippen LogP contribution in [0.1, 0.15) is 24.0 Å². The van der Waals surface area contributed by atoms with Gasteiger partial charge in [0.25, 0.3) is 0 Å². The van der Waals surface area contributed by atoms with E-state index in [2.05, 4.69) is 0 Å². The van der Waals surface area contributed by atoms with Crippen LogP contribution in [0.3, 0.4) is 0 Å². The summed E-state index contributed by atoms with van der Waals surface area (Å²) in [6.07, 6.45) is -1.76. The lowest BCUT2D eigenvalue weighted by Gasteiger charge is -2.43. The first-order valence-electron chi connectivity index (χ1n) is 6.64. The fraction of sp³-hybridized carbons (Fsp3) is 0.357. The second-order valence-corrected chi connectivity index (χ2v) is 5.13. The molecule has 7 nitrogen and oxygen atoms in total. The number of hydrogen-bond acceptors (Lipinski definition) is 4. The SMILES string of the molecule is NCc1cc(F)ccc1C1(C(N)=O)CC(=O)CCN1C(=O)O. The molecular formula is C14H16FN3O4. The monoisotopic (exact) mass is 309 g/mol. The molecule has 0 aromatic heterocycles. The number of nitrogens with two attached hydrogens (primary N) is 2. The minimum absolute atomic E-state index is 0.000479. The van der Waals surface area contributed by atoms with Crippen molar-refractivity contribution in [3.63, 3.8) is 0 Å². The third kappa shape index (κ3) is 2.41. The number of benzene rings is 1. The smallest absolute Gasteiger partial charge is 0.408 e.